The van der Waals surface area contributed by atoms with Crippen LogP contribution in [0.3, 0.4) is 0 Å². The van der Waals surface area contributed by atoms with Crippen molar-refractivity contribution < 1.29 is 9.26 Å². The zero-order chi connectivity index (χ0) is 18.5. The van der Waals surface area contributed by atoms with Crippen molar-refractivity contribution in [3.8, 4) is 5.75 Å². The molecule has 1 atom stereocenters. The molecule has 5 heteroatoms. The van der Waals surface area contributed by atoms with Gasteiger partial charge in [0.25, 0.3) is 0 Å². The Kier molecular flexibility index (Phi) is 5.49. The lowest BCUT2D eigenvalue weighted by Gasteiger charge is -2.34. The van der Waals surface area contributed by atoms with Gasteiger partial charge in [0.15, 0.2) is 0 Å². The van der Waals surface area contributed by atoms with Gasteiger partial charge in [0.1, 0.15) is 23.8 Å². The van der Waals surface area contributed by atoms with Gasteiger partial charge in [0.2, 0.25) is 0 Å². The van der Waals surface area contributed by atoms with E-state index in [1.807, 2.05) is 31.2 Å². The minimum absolute atomic E-state index is 0.328. The summed E-state index contributed by atoms with van der Waals surface area (Å²) in [6.07, 6.45) is 5.38. The van der Waals surface area contributed by atoms with Crippen LogP contribution in [-0.4, -0.2) is 21.6 Å². The van der Waals surface area contributed by atoms with Crippen molar-refractivity contribution in [2.45, 2.75) is 45.4 Å². The first-order valence-corrected chi connectivity index (χ1v) is 9.57. The molecule has 1 aliphatic rings. The highest BCUT2D eigenvalue weighted by molar-refractivity contribution is 5.29. The fourth-order valence-electron chi connectivity index (χ4n) is 3.67. The second-order valence-corrected chi connectivity index (χ2v) is 7.10. The number of hydrogen-bond acceptors (Lipinski definition) is 5. The van der Waals surface area contributed by atoms with Gasteiger partial charge in [-0.2, -0.15) is 0 Å². The molecule has 0 spiro atoms. The zero-order valence-electron chi connectivity index (χ0n) is 15.7. The van der Waals surface area contributed by atoms with Gasteiger partial charge in [-0.25, -0.2) is 0 Å². The molecule has 0 N–H and O–H groups in total. The molecule has 1 saturated heterocycles. The second kappa shape index (κ2) is 8.35. The maximum absolute atomic E-state index is 5.93. The lowest BCUT2D eigenvalue weighted by atomic mass is 9.98. The summed E-state index contributed by atoms with van der Waals surface area (Å²) in [6, 6.07) is 16.6. The number of rotatable bonds is 6. The minimum atomic E-state index is 0.328. The van der Waals surface area contributed by atoms with Crippen LogP contribution < -0.4 is 4.74 Å². The Hall–Kier alpha value is -2.66. The number of benzene rings is 1. The second-order valence-electron chi connectivity index (χ2n) is 7.10. The van der Waals surface area contributed by atoms with Crippen LogP contribution in [0.25, 0.3) is 0 Å². The van der Waals surface area contributed by atoms with Crippen LogP contribution in [0.4, 0.5) is 0 Å². The lowest BCUT2D eigenvalue weighted by molar-refractivity contribution is 0.133. The number of ether oxygens (including phenoxy) is 1. The maximum atomic E-state index is 5.93. The van der Waals surface area contributed by atoms with Gasteiger partial charge in [-0.1, -0.05) is 29.8 Å². The van der Waals surface area contributed by atoms with E-state index in [-0.39, 0.29) is 0 Å². The molecule has 2 aromatic heterocycles. The van der Waals surface area contributed by atoms with Crippen LogP contribution >= 0.6 is 0 Å². The molecule has 3 aromatic rings. The molecule has 1 aromatic carbocycles. The first-order valence-electron chi connectivity index (χ1n) is 9.57. The first kappa shape index (κ1) is 17.7. The topological polar surface area (TPSA) is 51.4 Å². The van der Waals surface area contributed by atoms with Crippen LogP contribution in [0.15, 0.2) is 59.3 Å². The smallest absolute Gasteiger partial charge is 0.133 e. The molecule has 1 fully saturated rings. The Bertz CT molecular complexity index is 863. The number of aryl methyl sites for hydroxylation is 1. The predicted molar refractivity (Wildman–Crippen MR) is 103 cm³/mol. The van der Waals surface area contributed by atoms with Crippen molar-refractivity contribution >= 4 is 0 Å². The van der Waals surface area contributed by atoms with Crippen molar-refractivity contribution in [3.05, 3.63) is 77.4 Å². The summed E-state index contributed by atoms with van der Waals surface area (Å²) < 4.78 is 11.2. The van der Waals surface area contributed by atoms with Gasteiger partial charge in [-0.15, -0.1) is 0 Å². The van der Waals surface area contributed by atoms with Crippen molar-refractivity contribution in [2.24, 2.45) is 0 Å². The standard InChI is InChI=1S/C22H25N3O2/c1-17-13-21(24-27-17)22-10-3-5-12-25(22)15-18-7-6-9-20(14-18)26-16-19-8-2-4-11-23-19/h2,4,6-9,11,13-14,22H,3,5,10,12,15-16H2,1H3. The van der Waals surface area contributed by atoms with Gasteiger partial charge >= 0.3 is 0 Å². The summed E-state index contributed by atoms with van der Waals surface area (Å²) in [7, 11) is 0. The third-order valence-corrected chi connectivity index (χ3v) is 5.00. The molecule has 1 aliphatic heterocycles. The quantitative estimate of drug-likeness (QED) is 0.636. The van der Waals surface area contributed by atoms with E-state index in [9.17, 15) is 0 Å². The molecular weight excluding hydrogens is 338 g/mol. The van der Waals surface area contributed by atoms with E-state index in [1.165, 1.54) is 18.4 Å². The molecule has 0 radical (unpaired) electrons. The van der Waals surface area contributed by atoms with Crippen LogP contribution in [0.2, 0.25) is 0 Å². The Morgan fingerprint density at radius 3 is 2.93 bits per heavy atom. The summed E-state index contributed by atoms with van der Waals surface area (Å²) in [5.74, 6) is 1.75. The van der Waals surface area contributed by atoms with E-state index in [0.717, 1.165) is 42.4 Å². The molecule has 0 saturated carbocycles. The molecule has 4 rings (SSSR count). The number of aromatic nitrogens is 2. The first-order chi connectivity index (χ1) is 13.3. The third-order valence-electron chi connectivity index (χ3n) is 5.00. The minimum Gasteiger partial charge on any atom is -0.487 e. The summed E-state index contributed by atoms with van der Waals surface area (Å²) in [5.41, 5.74) is 3.23. The summed E-state index contributed by atoms with van der Waals surface area (Å²) in [6.45, 7) is 4.40. The average Bonchev–Trinajstić information content (AvgIpc) is 3.14. The molecule has 140 valence electrons. The number of pyridine rings is 1. The van der Waals surface area contributed by atoms with Crippen molar-refractivity contribution in [1.82, 2.24) is 15.0 Å². The SMILES string of the molecule is Cc1cc(C2CCCCN2Cc2cccc(OCc3ccccn3)c2)no1. The highest BCUT2D eigenvalue weighted by Crippen LogP contribution is 2.32. The molecule has 5 nitrogen and oxygen atoms in total. The predicted octanol–water partition coefficient (Wildman–Crippen LogP) is 4.68. The highest BCUT2D eigenvalue weighted by Gasteiger charge is 2.26. The summed E-state index contributed by atoms with van der Waals surface area (Å²) in [4.78, 5) is 6.80. The monoisotopic (exact) mass is 363 g/mol. The lowest BCUT2D eigenvalue weighted by Crippen LogP contribution is -2.33. The Labute approximate surface area is 160 Å². The third kappa shape index (κ3) is 4.55. The van der Waals surface area contributed by atoms with Crippen LogP contribution in [-0.2, 0) is 13.2 Å². The van der Waals surface area contributed by atoms with E-state index in [4.69, 9.17) is 9.26 Å². The van der Waals surface area contributed by atoms with E-state index < -0.39 is 0 Å². The molecule has 0 aliphatic carbocycles. The van der Waals surface area contributed by atoms with Gasteiger partial charge in [-0.05, 0) is 56.1 Å². The molecule has 1 unspecified atom stereocenters. The summed E-state index contributed by atoms with van der Waals surface area (Å²) >= 11 is 0. The van der Waals surface area contributed by atoms with E-state index in [2.05, 4.69) is 39.3 Å². The number of hydrogen-bond donors (Lipinski definition) is 0. The van der Waals surface area contributed by atoms with E-state index in [0.29, 0.717) is 12.6 Å². The normalized spacial score (nSPS) is 17.7. The van der Waals surface area contributed by atoms with Crippen molar-refractivity contribution in [3.63, 3.8) is 0 Å². The number of likely N-dealkylation sites (tertiary alicyclic amines) is 1. The van der Waals surface area contributed by atoms with E-state index >= 15 is 0 Å². The Balaban J connectivity index is 1.43. The van der Waals surface area contributed by atoms with Crippen LogP contribution in [0, 0.1) is 6.92 Å². The Morgan fingerprint density at radius 2 is 2.11 bits per heavy atom. The van der Waals surface area contributed by atoms with Gasteiger partial charge < -0.3 is 9.26 Å². The van der Waals surface area contributed by atoms with Gasteiger partial charge in [0, 0.05) is 18.8 Å². The van der Waals surface area contributed by atoms with E-state index in [1.54, 1.807) is 6.20 Å². The molecule has 0 amide bonds. The highest BCUT2D eigenvalue weighted by atomic mass is 16.5. The molecule has 0 bridgehead atoms. The van der Waals surface area contributed by atoms with Crippen molar-refractivity contribution in [2.75, 3.05) is 6.54 Å². The van der Waals surface area contributed by atoms with Crippen molar-refractivity contribution in [1.29, 1.82) is 0 Å². The summed E-state index contributed by atoms with van der Waals surface area (Å²) in [5, 5.41) is 4.26. The number of piperidine rings is 1. The molecular formula is C22H25N3O2. The maximum Gasteiger partial charge on any atom is 0.133 e. The molecule has 3 heterocycles. The fourth-order valence-corrected chi connectivity index (χ4v) is 3.67. The van der Waals surface area contributed by atoms with Gasteiger partial charge in [-0.3, -0.25) is 9.88 Å². The van der Waals surface area contributed by atoms with Crippen LogP contribution in [0.1, 0.15) is 48.0 Å². The van der Waals surface area contributed by atoms with Gasteiger partial charge in [0.05, 0.1) is 11.7 Å². The average molecular weight is 363 g/mol. The largest absolute Gasteiger partial charge is 0.487 e. The Morgan fingerprint density at radius 1 is 1.15 bits per heavy atom. The molecule has 27 heavy (non-hydrogen) atoms. The van der Waals surface area contributed by atoms with Crippen LogP contribution in [0.5, 0.6) is 5.75 Å². The fraction of sp³-hybridized carbons (Fsp3) is 0.364. The zero-order valence-corrected chi connectivity index (χ0v) is 15.7. The number of nitrogens with zero attached hydrogens (tertiary/aromatic N) is 3.